The van der Waals surface area contributed by atoms with Gasteiger partial charge in [-0.25, -0.2) is 4.98 Å². The second-order valence-electron chi connectivity index (χ2n) is 4.63. The molecule has 20 heavy (non-hydrogen) atoms. The van der Waals surface area contributed by atoms with Crippen molar-refractivity contribution in [3.63, 3.8) is 0 Å². The summed E-state index contributed by atoms with van der Waals surface area (Å²) in [5, 5.41) is 9.68. The summed E-state index contributed by atoms with van der Waals surface area (Å²) in [6, 6.07) is 5.81. The van der Waals surface area contributed by atoms with Gasteiger partial charge in [-0.15, -0.1) is 0 Å². The highest BCUT2D eigenvalue weighted by Crippen LogP contribution is 2.27. The van der Waals surface area contributed by atoms with Crippen LogP contribution in [0.2, 0.25) is 0 Å². The van der Waals surface area contributed by atoms with Gasteiger partial charge < -0.3 is 11.1 Å². The fourth-order valence-corrected chi connectivity index (χ4v) is 2.18. The molecule has 6 heteroatoms. The number of nitrogens with one attached hydrogen (secondary N) is 1. The van der Waals surface area contributed by atoms with E-state index < -0.39 is 0 Å². The van der Waals surface area contributed by atoms with Crippen LogP contribution in [0.3, 0.4) is 0 Å². The van der Waals surface area contributed by atoms with E-state index in [0.29, 0.717) is 0 Å². The van der Waals surface area contributed by atoms with Crippen LogP contribution in [0.15, 0.2) is 36.9 Å². The van der Waals surface area contributed by atoms with E-state index in [2.05, 4.69) is 20.4 Å². The van der Waals surface area contributed by atoms with Crippen molar-refractivity contribution in [1.29, 1.82) is 0 Å². The fourth-order valence-electron chi connectivity index (χ4n) is 2.18. The number of nitrogens with zero attached hydrogens (tertiary/aromatic N) is 4. The zero-order valence-corrected chi connectivity index (χ0v) is 11.2. The van der Waals surface area contributed by atoms with Crippen molar-refractivity contribution in [3.8, 4) is 0 Å². The topological polar surface area (TPSA) is 81.7 Å². The van der Waals surface area contributed by atoms with E-state index in [1.807, 2.05) is 31.4 Å². The molecule has 0 saturated heterocycles. The molecule has 3 aromatic rings. The van der Waals surface area contributed by atoms with E-state index in [1.165, 1.54) is 0 Å². The van der Waals surface area contributed by atoms with Gasteiger partial charge in [-0.1, -0.05) is 0 Å². The molecule has 0 fully saturated rings. The van der Waals surface area contributed by atoms with Gasteiger partial charge in [0.1, 0.15) is 6.33 Å². The number of pyridine rings is 1. The van der Waals surface area contributed by atoms with E-state index in [9.17, 15) is 0 Å². The number of benzene rings is 1. The molecule has 3 rings (SSSR count). The molecule has 0 aliphatic carbocycles. The Morgan fingerprint density at radius 3 is 2.95 bits per heavy atom. The van der Waals surface area contributed by atoms with Crippen LogP contribution < -0.4 is 11.1 Å². The third-order valence-electron chi connectivity index (χ3n) is 3.16. The minimum atomic E-state index is 0.762. The van der Waals surface area contributed by atoms with Crippen LogP contribution in [0.25, 0.3) is 10.8 Å². The Bertz CT molecular complexity index is 733. The van der Waals surface area contributed by atoms with E-state index >= 15 is 0 Å². The summed E-state index contributed by atoms with van der Waals surface area (Å²) in [5.41, 5.74) is 7.76. The molecule has 0 spiro atoms. The third kappa shape index (κ3) is 2.40. The van der Waals surface area contributed by atoms with Crippen molar-refractivity contribution in [3.05, 3.63) is 42.7 Å². The Labute approximate surface area is 116 Å². The molecular weight excluding hydrogens is 252 g/mol. The van der Waals surface area contributed by atoms with Crippen LogP contribution in [0.1, 0.15) is 5.82 Å². The molecule has 1 aromatic carbocycles. The number of rotatable bonds is 4. The van der Waals surface area contributed by atoms with Gasteiger partial charge in [0.2, 0.25) is 0 Å². The SMILES string of the molecule is Cn1cnc(CCNc2ccc(N)c3ccncc23)n1. The Kier molecular flexibility index (Phi) is 3.20. The minimum Gasteiger partial charge on any atom is -0.398 e. The zero-order chi connectivity index (χ0) is 13.9. The van der Waals surface area contributed by atoms with Crippen LogP contribution in [-0.2, 0) is 13.5 Å². The van der Waals surface area contributed by atoms with Crippen LogP contribution in [0, 0.1) is 0 Å². The normalized spacial score (nSPS) is 10.8. The fraction of sp³-hybridized carbons (Fsp3) is 0.214. The number of nitrogens with two attached hydrogens (primary N) is 1. The molecule has 0 saturated carbocycles. The number of anilines is 2. The summed E-state index contributed by atoms with van der Waals surface area (Å²) >= 11 is 0. The zero-order valence-electron chi connectivity index (χ0n) is 11.2. The molecule has 0 atom stereocenters. The van der Waals surface area contributed by atoms with Gasteiger partial charge in [0, 0.05) is 54.6 Å². The summed E-state index contributed by atoms with van der Waals surface area (Å²) in [6.07, 6.45) is 6.05. The maximum absolute atomic E-state index is 5.97. The predicted octanol–water partition coefficient (Wildman–Crippen LogP) is 1.60. The lowest BCUT2D eigenvalue weighted by Crippen LogP contribution is -2.07. The van der Waals surface area contributed by atoms with E-state index in [4.69, 9.17) is 5.73 Å². The second kappa shape index (κ2) is 5.16. The van der Waals surface area contributed by atoms with Gasteiger partial charge in [-0.3, -0.25) is 9.67 Å². The van der Waals surface area contributed by atoms with Crippen molar-refractivity contribution in [2.24, 2.45) is 7.05 Å². The van der Waals surface area contributed by atoms with Crippen LogP contribution in [-0.4, -0.2) is 26.3 Å². The van der Waals surface area contributed by atoms with Crippen LogP contribution >= 0.6 is 0 Å². The van der Waals surface area contributed by atoms with Gasteiger partial charge >= 0.3 is 0 Å². The van der Waals surface area contributed by atoms with Gasteiger partial charge in [0.15, 0.2) is 5.82 Å². The molecule has 0 amide bonds. The minimum absolute atomic E-state index is 0.762. The van der Waals surface area contributed by atoms with Crippen molar-refractivity contribution in [1.82, 2.24) is 19.7 Å². The van der Waals surface area contributed by atoms with E-state index in [1.54, 1.807) is 17.2 Å². The first-order chi connectivity index (χ1) is 9.74. The second-order valence-corrected chi connectivity index (χ2v) is 4.63. The predicted molar refractivity (Wildman–Crippen MR) is 79.4 cm³/mol. The van der Waals surface area contributed by atoms with Crippen LogP contribution in [0.5, 0.6) is 0 Å². The summed E-state index contributed by atoms with van der Waals surface area (Å²) in [5.74, 6) is 0.831. The highest BCUT2D eigenvalue weighted by atomic mass is 15.3. The quantitative estimate of drug-likeness (QED) is 0.702. The average molecular weight is 268 g/mol. The molecular formula is C14H16N6. The molecule has 0 aliphatic heterocycles. The molecule has 102 valence electrons. The number of aromatic nitrogens is 4. The monoisotopic (exact) mass is 268 g/mol. The van der Waals surface area contributed by atoms with Crippen molar-refractivity contribution in [2.75, 3.05) is 17.6 Å². The molecule has 2 heterocycles. The summed E-state index contributed by atoms with van der Waals surface area (Å²) in [4.78, 5) is 8.36. The van der Waals surface area contributed by atoms with Crippen molar-refractivity contribution >= 4 is 22.1 Å². The highest BCUT2D eigenvalue weighted by molar-refractivity contribution is 6.00. The molecule has 2 aromatic heterocycles. The lowest BCUT2D eigenvalue weighted by molar-refractivity contribution is 0.742. The molecule has 0 unspecified atom stereocenters. The number of fused-ring (bicyclic) bond motifs is 1. The van der Waals surface area contributed by atoms with Gasteiger partial charge in [-0.2, -0.15) is 5.10 Å². The third-order valence-corrected chi connectivity index (χ3v) is 3.16. The lowest BCUT2D eigenvalue weighted by Gasteiger charge is -2.10. The largest absolute Gasteiger partial charge is 0.398 e. The average Bonchev–Trinajstić information content (AvgIpc) is 2.87. The molecule has 3 N–H and O–H groups in total. The Hall–Kier alpha value is -2.63. The van der Waals surface area contributed by atoms with Crippen molar-refractivity contribution in [2.45, 2.75) is 6.42 Å². The first-order valence-electron chi connectivity index (χ1n) is 6.44. The molecule has 0 radical (unpaired) electrons. The summed E-state index contributed by atoms with van der Waals surface area (Å²) < 4.78 is 1.71. The standard InChI is InChI=1S/C14H16N6/c1-20-9-18-14(19-20)5-7-17-13-3-2-12(15)10-4-6-16-8-11(10)13/h2-4,6,8-9,17H,5,7,15H2,1H3. The molecule has 0 bridgehead atoms. The number of hydrogen-bond acceptors (Lipinski definition) is 5. The summed E-state index contributed by atoms with van der Waals surface area (Å²) in [7, 11) is 1.86. The van der Waals surface area contributed by atoms with E-state index in [-0.39, 0.29) is 0 Å². The number of aryl methyl sites for hydroxylation is 1. The molecule has 6 nitrogen and oxygen atoms in total. The maximum Gasteiger partial charge on any atom is 0.152 e. The highest BCUT2D eigenvalue weighted by Gasteiger charge is 2.04. The van der Waals surface area contributed by atoms with Crippen molar-refractivity contribution < 1.29 is 0 Å². The first-order valence-corrected chi connectivity index (χ1v) is 6.44. The van der Waals surface area contributed by atoms with Gasteiger partial charge in [0.25, 0.3) is 0 Å². The molecule has 0 aliphatic rings. The van der Waals surface area contributed by atoms with Gasteiger partial charge in [0.05, 0.1) is 0 Å². The number of hydrogen-bond donors (Lipinski definition) is 2. The van der Waals surface area contributed by atoms with E-state index in [0.717, 1.165) is 40.9 Å². The Morgan fingerprint density at radius 2 is 2.15 bits per heavy atom. The summed E-state index contributed by atoms with van der Waals surface area (Å²) in [6.45, 7) is 0.762. The number of nitrogen functional groups attached to an aromatic ring is 1. The first kappa shape index (κ1) is 12.4. The smallest absolute Gasteiger partial charge is 0.152 e. The van der Waals surface area contributed by atoms with Gasteiger partial charge in [-0.05, 0) is 18.2 Å². The maximum atomic E-state index is 5.97. The lowest BCUT2D eigenvalue weighted by atomic mass is 10.1. The Morgan fingerprint density at radius 1 is 1.25 bits per heavy atom. The van der Waals surface area contributed by atoms with Crippen LogP contribution in [0.4, 0.5) is 11.4 Å². The Balaban J connectivity index is 1.76.